The van der Waals surface area contributed by atoms with Gasteiger partial charge in [0.1, 0.15) is 5.69 Å². The van der Waals surface area contributed by atoms with Crippen LogP contribution >= 0.6 is 0 Å². The van der Waals surface area contributed by atoms with Crippen LogP contribution in [0.1, 0.15) is 51.5 Å². The monoisotopic (exact) mass is 294 g/mol. The molecule has 5 heteroatoms. The van der Waals surface area contributed by atoms with Crippen molar-refractivity contribution in [3.05, 3.63) is 23.9 Å². The van der Waals surface area contributed by atoms with Gasteiger partial charge in [-0.3, -0.25) is 4.79 Å². The van der Waals surface area contributed by atoms with Gasteiger partial charge in [0.2, 0.25) is 5.88 Å². The molecular weight excluding hydrogens is 268 g/mol. The molecule has 1 aromatic rings. The SMILES string of the molecule is CCC(C)C(C)(O)CNC(=O)c1cccc(OC(C)C)n1. The summed E-state index contributed by atoms with van der Waals surface area (Å²) in [6.45, 7) is 9.69. The van der Waals surface area contributed by atoms with Crippen LogP contribution in [0.2, 0.25) is 0 Å². The van der Waals surface area contributed by atoms with E-state index in [1.807, 2.05) is 27.7 Å². The molecule has 0 aliphatic rings. The molecule has 0 saturated carbocycles. The normalized spacial score (nSPS) is 15.4. The molecule has 1 heterocycles. The summed E-state index contributed by atoms with van der Waals surface area (Å²) in [5, 5.41) is 13.0. The van der Waals surface area contributed by atoms with Gasteiger partial charge >= 0.3 is 0 Å². The highest BCUT2D eigenvalue weighted by molar-refractivity contribution is 5.92. The molecule has 0 spiro atoms. The summed E-state index contributed by atoms with van der Waals surface area (Å²) in [4.78, 5) is 16.3. The minimum atomic E-state index is -0.934. The Morgan fingerprint density at radius 2 is 2.10 bits per heavy atom. The van der Waals surface area contributed by atoms with Gasteiger partial charge in [-0.05, 0) is 32.8 Å². The van der Waals surface area contributed by atoms with Crippen molar-refractivity contribution in [3.63, 3.8) is 0 Å². The van der Waals surface area contributed by atoms with Crippen LogP contribution in [0.4, 0.5) is 0 Å². The van der Waals surface area contributed by atoms with E-state index in [1.165, 1.54) is 0 Å². The molecule has 1 rings (SSSR count). The summed E-state index contributed by atoms with van der Waals surface area (Å²) < 4.78 is 5.47. The second-order valence-electron chi connectivity index (χ2n) is 5.88. The second-order valence-corrected chi connectivity index (χ2v) is 5.88. The summed E-state index contributed by atoms with van der Waals surface area (Å²) in [6.07, 6.45) is 0.848. The Kier molecular flexibility index (Phi) is 6.15. The molecule has 0 radical (unpaired) electrons. The number of nitrogens with zero attached hydrogens (tertiary/aromatic N) is 1. The first-order chi connectivity index (χ1) is 9.76. The lowest BCUT2D eigenvalue weighted by Gasteiger charge is -2.29. The van der Waals surface area contributed by atoms with Gasteiger partial charge in [-0.25, -0.2) is 4.98 Å². The second kappa shape index (κ2) is 7.41. The average Bonchev–Trinajstić information content (AvgIpc) is 2.43. The Morgan fingerprint density at radius 1 is 1.43 bits per heavy atom. The van der Waals surface area contributed by atoms with Crippen molar-refractivity contribution in [1.29, 1.82) is 0 Å². The summed E-state index contributed by atoms with van der Waals surface area (Å²) in [5.41, 5.74) is -0.649. The van der Waals surface area contributed by atoms with Crippen LogP contribution in [0.15, 0.2) is 18.2 Å². The van der Waals surface area contributed by atoms with E-state index in [4.69, 9.17) is 4.74 Å². The van der Waals surface area contributed by atoms with E-state index in [9.17, 15) is 9.90 Å². The molecule has 0 aliphatic carbocycles. The molecule has 0 aliphatic heterocycles. The van der Waals surface area contributed by atoms with E-state index in [1.54, 1.807) is 25.1 Å². The fraction of sp³-hybridized carbons (Fsp3) is 0.625. The number of hydrogen-bond acceptors (Lipinski definition) is 4. The highest BCUT2D eigenvalue weighted by Crippen LogP contribution is 2.19. The number of amides is 1. The highest BCUT2D eigenvalue weighted by atomic mass is 16.5. The molecule has 0 fully saturated rings. The number of aliphatic hydroxyl groups is 1. The first-order valence-electron chi connectivity index (χ1n) is 7.40. The molecule has 2 unspecified atom stereocenters. The molecule has 0 aromatic carbocycles. The minimum Gasteiger partial charge on any atom is -0.475 e. The van der Waals surface area contributed by atoms with E-state index >= 15 is 0 Å². The Morgan fingerprint density at radius 3 is 2.67 bits per heavy atom. The predicted octanol–water partition coefficient (Wildman–Crippen LogP) is 2.40. The van der Waals surface area contributed by atoms with Gasteiger partial charge in [0.05, 0.1) is 11.7 Å². The molecular formula is C16H26N2O3. The Hall–Kier alpha value is -1.62. The van der Waals surface area contributed by atoms with Crippen LogP contribution in [0, 0.1) is 5.92 Å². The van der Waals surface area contributed by atoms with Gasteiger partial charge in [0.15, 0.2) is 0 Å². The van der Waals surface area contributed by atoms with Crippen LogP contribution in [-0.2, 0) is 0 Å². The van der Waals surface area contributed by atoms with E-state index in [2.05, 4.69) is 10.3 Å². The first kappa shape index (κ1) is 17.4. The van der Waals surface area contributed by atoms with E-state index in [0.29, 0.717) is 5.88 Å². The van der Waals surface area contributed by atoms with Crippen molar-refractivity contribution >= 4 is 5.91 Å². The van der Waals surface area contributed by atoms with Crippen molar-refractivity contribution in [2.24, 2.45) is 5.92 Å². The minimum absolute atomic E-state index is 0.00180. The van der Waals surface area contributed by atoms with E-state index in [0.717, 1.165) is 6.42 Å². The third-order valence-electron chi connectivity index (χ3n) is 3.59. The van der Waals surface area contributed by atoms with Crippen molar-refractivity contribution in [2.75, 3.05) is 6.54 Å². The number of carbonyl (C=O) groups excluding carboxylic acids is 1. The lowest BCUT2D eigenvalue weighted by Crippen LogP contribution is -2.45. The van der Waals surface area contributed by atoms with Gasteiger partial charge in [-0.1, -0.05) is 26.3 Å². The maximum absolute atomic E-state index is 12.1. The molecule has 2 N–H and O–H groups in total. The molecule has 0 saturated heterocycles. The third kappa shape index (κ3) is 5.34. The summed E-state index contributed by atoms with van der Waals surface area (Å²) in [5.74, 6) is 0.209. The smallest absolute Gasteiger partial charge is 0.270 e. The summed E-state index contributed by atoms with van der Waals surface area (Å²) in [6, 6.07) is 5.07. The zero-order chi connectivity index (χ0) is 16.0. The van der Waals surface area contributed by atoms with Gasteiger partial charge in [-0.15, -0.1) is 0 Å². The Labute approximate surface area is 126 Å². The third-order valence-corrected chi connectivity index (χ3v) is 3.59. The largest absolute Gasteiger partial charge is 0.475 e. The van der Waals surface area contributed by atoms with Crippen molar-refractivity contribution in [3.8, 4) is 5.88 Å². The summed E-state index contributed by atoms with van der Waals surface area (Å²) in [7, 11) is 0. The molecule has 1 aromatic heterocycles. The summed E-state index contributed by atoms with van der Waals surface area (Å²) >= 11 is 0. The van der Waals surface area contributed by atoms with Crippen molar-refractivity contribution in [2.45, 2.75) is 52.7 Å². The number of nitrogens with one attached hydrogen (secondary N) is 1. The topological polar surface area (TPSA) is 71.5 Å². The molecule has 1 amide bonds. The zero-order valence-electron chi connectivity index (χ0n) is 13.5. The maximum Gasteiger partial charge on any atom is 0.270 e. The van der Waals surface area contributed by atoms with Crippen LogP contribution in [-0.4, -0.2) is 34.2 Å². The molecule has 0 bridgehead atoms. The van der Waals surface area contributed by atoms with Gasteiger partial charge in [-0.2, -0.15) is 0 Å². The number of pyridine rings is 1. The average molecular weight is 294 g/mol. The van der Waals surface area contributed by atoms with Crippen molar-refractivity contribution in [1.82, 2.24) is 10.3 Å². The van der Waals surface area contributed by atoms with Gasteiger partial charge < -0.3 is 15.2 Å². The van der Waals surface area contributed by atoms with Crippen LogP contribution < -0.4 is 10.1 Å². The lowest BCUT2D eigenvalue weighted by atomic mass is 9.88. The number of aromatic nitrogens is 1. The van der Waals surface area contributed by atoms with E-state index < -0.39 is 5.60 Å². The fourth-order valence-electron chi connectivity index (χ4n) is 1.81. The predicted molar refractivity (Wildman–Crippen MR) is 82.4 cm³/mol. The molecule has 5 nitrogen and oxygen atoms in total. The van der Waals surface area contributed by atoms with Crippen molar-refractivity contribution < 1.29 is 14.6 Å². The van der Waals surface area contributed by atoms with Crippen LogP contribution in [0.5, 0.6) is 5.88 Å². The quantitative estimate of drug-likeness (QED) is 0.810. The Bertz CT molecular complexity index is 472. The number of carbonyl (C=O) groups is 1. The number of rotatable bonds is 7. The maximum atomic E-state index is 12.1. The number of hydrogen-bond donors (Lipinski definition) is 2. The standard InChI is InChI=1S/C16H26N2O3/c1-6-12(4)16(5,20)10-17-15(19)13-8-7-9-14(18-13)21-11(2)3/h7-9,11-12,20H,6,10H2,1-5H3,(H,17,19). The number of ether oxygens (including phenoxy) is 1. The molecule has 21 heavy (non-hydrogen) atoms. The van der Waals surface area contributed by atoms with E-state index in [-0.39, 0.29) is 30.2 Å². The van der Waals surface area contributed by atoms with Gasteiger partial charge in [0.25, 0.3) is 5.91 Å². The zero-order valence-corrected chi connectivity index (χ0v) is 13.5. The fourth-order valence-corrected chi connectivity index (χ4v) is 1.81. The highest BCUT2D eigenvalue weighted by Gasteiger charge is 2.27. The Balaban J connectivity index is 2.68. The van der Waals surface area contributed by atoms with Gasteiger partial charge in [0, 0.05) is 12.6 Å². The lowest BCUT2D eigenvalue weighted by molar-refractivity contribution is 0.00587. The first-order valence-corrected chi connectivity index (χ1v) is 7.40. The van der Waals surface area contributed by atoms with Crippen LogP contribution in [0.3, 0.4) is 0 Å². The molecule has 118 valence electrons. The molecule has 2 atom stereocenters. The van der Waals surface area contributed by atoms with Crippen LogP contribution in [0.25, 0.3) is 0 Å².